The number of halogens is 1. The highest BCUT2D eigenvalue weighted by atomic mass is 35.5. The normalized spacial score (nSPS) is 10.7. The number of nitrogens with one attached hydrogen (secondary N) is 2. The van der Waals surface area contributed by atoms with E-state index in [1.807, 2.05) is 12.3 Å². The molecule has 0 amide bonds. The second kappa shape index (κ2) is 4.70. The van der Waals surface area contributed by atoms with Crippen LogP contribution in [0.4, 0.5) is 5.69 Å². The Hall–Kier alpha value is -2.00. The van der Waals surface area contributed by atoms with Gasteiger partial charge in [-0.15, -0.1) is 0 Å². The second-order valence-electron chi connectivity index (χ2n) is 4.08. The first-order valence-corrected chi connectivity index (χ1v) is 6.11. The van der Waals surface area contributed by atoms with E-state index >= 15 is 0 Å². The van der Waals surface area contributed by atoms with Crippen molar-refractivity contribution in [2.24, 2.45) is 0 Å². The third-order valence-corrected chi connectivity index (χ3v) is 3.12. The molecule has 1 aromatic carbocycles. The van der Waals surface area contributed by atoms with Crippen LogP contribution in [0.5, 0.6) is 0 Å². The van der Waals surface area contributed by atoms with Gasteiger partial charge in [0, 0.05) is 23.6 Å². The summed E-state index contributed by atoms with van der Waals surface area (Å²) in [6, 6.07) is 12.0. The lowest BCUT2D eigenvalue weighted by Crippen LogP contribution is -1.99. The van der Waals surface area contributed by atoms with Crippen molar-refractivity contribution in [2.75, 3.05) is 5.32 Å². The van der Waals surface area contributed by atoms with Crippen LogP contribution >= 0.6 is 11.6 Å². The van der Waals surface area contributed by atoms with Crippen LogP contribution in [-0.4, -0.2) is 9.97 Å². The molecule has 4 heteroatoms. The smallest absolute Gasteiger partial charge is 0.129 e. The molecule has 18 heavy (non-hydrogen) atoms. The van der Waals surface area contributed by atoms with Gasteiger partial charge in [0.2, 0.25) is 0 Å². The molecule has 0 aliphatic rings. The minimum Gasteiger partial charge on any atom is -0.380 e. The molecule has 0 radical (unpaired) electrons. The Bertz CT molecular complexity index is 658. The fraction of sp³-hybridized carbons (Fsp3) is 0.0714. The summed E-state index contributed by atoms with van der Waals surface area (Å²) in [6.07, 6.45) is 3.69. The van der Waals surface area contributed by atoms with Crippen LogP contribution < -0.4 is 5.32 Å². The van der Waals surface area contributed by atoms with Crippen LogP contribution in [0.15, 0.2) is 48.8 Å². The number of anilines is 1. The van der Waals surface area contributed by atoms with Crippen molar-refractivity contribution in [1.82, 2.24) is 9.97 Å². The van der Waals surface area contributed by atoms with Crippen LogP contribution in [0.1, 0.15) is 5.56 Å². The summed E-state index contributed by atoms with van der Waals surface area (Å²) in [5.74, 6) is 0. The Morgan fingerprint density at radius 1 is 1.17 bits per heavy atom. The summed E-state index contributed by atoms with van der Waals surface area (Å²) in [5.41, 5.74) is 3.37. The summed E-state index contributed by atoms with van der Waals surface area (Å²) in [4.78, 5) is 7.25. The molecule has 3 nitrogen and oxygen atoms in total. The van der Waals surface area contributed by atoms with Crippen molar-refractivity contribution in [3.8, 4) is 0 Å². The number of rotatable bonds is 3. The van der Waals surface area contributed by atoms with Crippen LogP contribution in [0.3, 0.4) is 0 Å². The lowest BCUT2D eigenvalue weighted by Gasteiger charge is -2.07. The fourth-order valence-corrected chi connectivity index (χ4v) is 2.09. The fourth-order valence-electron chi connectivity index (χ4n) is 1.98. The van der Waals surface area contributed by atoms with Crippen LogP contribution in [0.25, 0.3) is 10.9 Å². The van der Waals surface area contributed by atoms with E-state index < -0.39 is 0 Å². The minimum atomic E-state index is 0.508. The summed E-state index contributed by atoms with van der Waals surface area (Å²) < 4.78 is 0. The molecule has 0 atom stereocenters. The molecule has 3 aromatic rings. The predicted octanol–water partition coefficient (Wildman–Crippen LogP) is 3.83. The molecule has 2 aromatic heterocycles. The monoisotopic (exact) mass is 257 g/mol. The SMILES string of the molecule is Clc1ccc(NCc2cccc3[nH]ccc23)cn1. The minimum absolute atomic E-state index is 0.508. The van der Waals surface area contributed by atoms with Crippen LogP contribution in [-0.2, 0) is 6.54 Å². The molecule has 2 N–H and O–H groups in total. The lowest BCUT2D eigenvalue weighted by atomic mass is 10.1. The topological polar surface area (TPSA) is 40.7 Å². The number of nitrogens with zero attached hydrogens (tertiary/aromatic N) is 1. The average molecular weight is 258 g/mol. The largest absolute Gasteiger partial charge is 0.380 e. The van der Waals surface area contributed by atoms with Crippen LogP contribution in [0.2, 0.25) is 5.15 Å². The molecule has 0 aliphatic carbocycles. The van der Waals surface area contributed by atoms with E-state index in [-0.39, 0.29) is 0 Å². The lowest BCUT2D eigenvalue weighted by molar-refractivity contribution is 1.15. The van der Waals surface area contributed by atoms with Gasteiger partial charge in [-0.25, -0.2) is 4.98 Å². The van der Waals surface area contributed by atoms with Gasteiger partial charge in [0.1, 0.15) is 5.15 Å². The van der Waals surface area contributed by atoms with Gasteiger partial charge in [0.05, 0.1) is 11.9 Å². The van der Waals surface area contributed by atoms with Gasteiger partial charge in [-0.2, -0.15) is 0 Å². The molecular formula is C14H12ClN3. The number of pyridine rings is 1. The quantitative estimate of drug-likeness (QED) is 0.700. The zero-order valence-corrected chi connectivity index (χ0v) is 10.4. The molecule has 3 rings (SSSR count). The molecule has 0 fully saturated rings. The van der Waals surface area contributed by atoms with Gasteiger partial charge in [0.15, 0.2) is 0 Å². The molecule has 0 unspecified atom stereocenters. The molecule has 0 saturated carbocycles. The maximum atomic E-state index is 5.75. The van der Waals surface area contributed by atoms with E-state index in [9.17, 15) is 0 Å². The Balaban J connectivity index is 1.80. The Labute approximate surface area is 110 Å². The van der Waals surface area contributed by atoms with Gasteiger partial charge in [-0.3, -0.25) is 0 Å². The summed E-state index contributed by atoms with van der Waals surface area (Å²) in [5, 5.41) is 5.09. The third-order valence-electron chi connectivity index (χ3n) is 2.90. The number of aromatic nitrogens is 2. The highest BCUT2D eigenvalue weighted by Crippen LogP contribution is 2.19. The molecule has 2 heterocycles. The van der Waals surface area contributed by atoms with E-state index in [1.54, 1.807) is 12.3 Å². The van der Waals surface area contributed by atoms with E-state index in [1.165, 1.54) is 10.9 Å². The highest BCUT2D eigenvalue weighted by Gasteiger charge is 2.01. The zero-order valence-electron chi connectivity index (χ0n) is 9.65. The average Bonchev–Trinajstić information content (AvgIpc) is 2.87. The van der Waals surface area contributed by atoms with Gasteiger partial charge in [-0.1, -0.05) is 23.7 Å². The first kappa shape index (κ1) is 11.1. The summed E-state index contributed by atoms with van der Waals surface area (Å²) in [7, 11) is 0. The first-order valence-electron chi connectivity index (χ1n) is 5.73. The molecule has 0 spiro atoms. The number of H-pyrrole nitrogens is 1. The van der Waals surface area contributed by atoms with Crippen molar-refractivity contribution in [2.45, 2.75) is 6.54 Å². The number of hydrogen-bond donors (Lipinski definition) is 2. The summed E-state index contributed by atoms with van der Waals surface area (Å²) in [6.45, 7) is 0.762. The van der Waals surface area contributed by atoms with Crippen molar-refractivity contribution < 1.29 is 0 Å². The van der Waals surface area contributed by atoms with Crippen molar-refractivity contribution in [3.05, 3.63) is 59.5 Å². The van der Waals surface area contributed by atoms with E-state index in [2.05, 4.69) is 39.6 Å². The van der Waals surface area contributed by atoms with Crippen molar-refractivity contribution in [1.29, 1.82) is 0 Å². The van der Waals surface area contributed by atoms with Gasteiger partial charge in [0.25, 0.3) is 0 Å². The third kappa shape index (κ3) is 2.17. The zero-order chi connectivity index (χ0) is 12.4. The number of aromatic amines is 1. The standard InChI is InChI=1S/C14H12ClN3/c15-14-5-4-11(9-18-14)17-8-10-2-1-3-13-12(10)6-7-16-13/h1-7,9,16-17H,8H2. The predicted molar refractivity (Wildman–Crippen MR) is 74.9 cm³/mol. The van der Waals surface area contributed by atoms with Gasteiger partial charge in [-0.05, 0) is 29.8 Å². The van der Waals surface area contributed by atoms with Crippen LogP contribution in [0, 0.1) is 0 Å². The van der Waals surface area contributed by atoms with Gasteiger partial charge >= 0.3 is 0 Å². The van der Waals surface area contributed by atoms with E-state index in [0.29, 0.717) is 5.15 Å². The molecule has 0 aliphatic heterocycles. The van der Waals surface area contributed by atoms with Crippen molar-refractivity contribution >= 4 is 28.2 Å². The Morgan fingerprint density at radius 3 is 2.94 bits per heavy atom. The molecule has 0 bridgehead atoms. The Morgan fingerprint density at radius 2 is 2.11 bits per heavy atom. The number of fused-ring (bicyclic) bond motifs is 1. The molecule has 90 valence electrons. The maximum absolute atomic E-state index is 5.75. The number of benzene rings is 1. The highest BCUT2D eigenvalue weighted by molar-refractivity contribution is 6.29. The van der Waals surface area contributed by atoms with E-state index in [0.717, 1.165) is 17.7 Å². The Kier molecular flexibility index (Phi) is 2.90. The van der Waals surface area contributed by atoms with E-state index in [4.69, 9.17) is 11.6 Å². The maximum Gasteiger partial charge on any atom is 0.129 e. The van der Waals surface area contributed by atoms with Gasteiger partial charge < -0.3 is 10.3 Å². The number of hydrogen-bond acceptors (Lipinski definition) is 2. The summed E-state index contributed by atoms with van der Waals surface area (Å²) >= 11 is 5.75. The molecular weight excluding hydrogens is 246 g/mol. The first-order chi connectivity index (χ1) is 8.83. The van der Waals surface area contributed by atoms with Crippen molar-refractivity contribution in [3.63, 3.8) is 0 Å². The second-order valence-corrected chi connectivity index (χ2v) is 4.47. The molecule has 0 saturated heterocycles.